The topological polar surface area (TPSA) is 34.4 Å². The summed E-state index contributed by atoms with van der Waals surface area (Å²) in [5, 5.41) is 3.82. The zero-order chi connectivity index (χ0) is 13.8. The maximum Gasteiger partial charge on any atom is 0.193 e. The lowest BCUT2D eigenvalue weighted by atomic mass is 9.99. The highest BCUT2D eigenvalue weighted by Gasteiger charge is 2.18. The van der Waals surface area contributed by atoms with E-state index in [9.17, 15) is 0 Å². The van der Waals surface area contributed by atoms with Crippen molar-refractivity contribution in [3.8, 4) is 5.75 Å². The summed E-state index contributed by atoms with van der Waals surface area (Å²) >= 11 is 5.87. The van der Waals surface area contributed by atoms with Gasteiger partial charge in [-0.15, -0.1) is 0 Å². The number of hydrogen-bond acceptors (Lipinski definition) is 3. The Bertz CT molecular complexity index is 551. The number of nitrogens with one attached hydrogen (secondary N) is 1. The van der Waals surface area contributed by atoms with Crippen molar-refractivity contribution in [2.24, 2.45) is 0 Å². The Labute approximate surface area is 118 Å². The summed E-state index contributed by atoms with van der Waals surface area (Å²) < 4.78 is 10.8. The number of ether oxygens (including phenoxy) is 1. The summed E-state index contributed by atoms with van der Waals surface area (Å²) in [6.45, 7) is 4.97. The number of furan rings is 1. The second kappa shape index (κ2) is 6.13. The van der Waals surface area contributed by atoms with Crippen LogP contribution >= 0.6 is 11.6 Å². The van der Waals surface area contributed by atoms with Gasteiger partial charge in [0, 0.05) is 0 Å². The number of aryl methyl sites for hydroxylation is 1. The molecule has 0 aliphatic heterocycles. The molecule has 4 heteroatoms. The van der Waals surface area contributed by atoms with Crippen LogP contribution in [0.1, 0.15) is 29.9 Å². The number of benzene rings is 1. The monoisotopic (exact) mass is 279 g/mol. The Hall–Kier alpha value is -1.45. The molecule has 1 aromatic heterocycles. The lowest BCUT2D eigenvalue weighted by Gasteiger charge is -2.18. The standard InChI is InChI=1S/C15H18ClNO2/c1-4-17-15(13-7-8-14(16)19-13)12-6-5-11(18-3)9-10(12)2/h5-9,15,17H,4H2,1-3H3. The molecule has 2 aromatic rings. The van der Waals surface area contributed by atoms with Crippen molar-refractivity contribution in [1.82, 2.24) is 5.32 Å². The first-order valence-corrected chi connectivity index (χ1v) is 6.66. The molecule has 0 saturated heterocycles. The molecule has 0 bridgehead atoms. The molecule has 0 fully saturated rings. The molecule has 0 spiro atoms. The summed E-state index contributed by atoms with van der Waals surface area (Å²) in [4.78, 5) is 0. The first-order valence-electron chi connectivity index (χ1n) is 6.29. The van der Waals surface area contributed by atoms with Crippen LogP contribution in [0.5, 0.6) is 5.75 Å². The second-order valence-corrected chi connectivity index (χ2v) is 4.73. The maximum atomic E-state index is 5.87. The van der Waals surface area contributed by atoms with Crippen LogP contribution in [-0.4, -0.2) is 13.7 Å². The van der Waals surface area contributed by atoms with E-state index in [-0.39, 0.29) is 6.04 Å². The summed E-state index contributed by atoms with van der Waals surface area (Å²) in [6.07, 6.45) is 0. The minimum absolute atomic E-state index is 0.00315. The Kier molecular flexibility index (Phi) is 4.51. The average molecular weight is 280 g/mol. The molecule has 1 atom stereocenters. The van der Waals surface area contributed by atoms with E-state index >= 15 is 0 Å². The molecule has 0 radical (unpaired) electrons. The molecular formula is C15H18ClNO2. The molecule has 1 unspecified atom stereocenters. The van der Waals surface area contributed by atoms with E-state index in [1.165, 1.54) is 0 Å². The van der Waals surface area contributed by atoms with E-state index in [2.05, 4.69) is 25.2 Å². The van der Waals surface area contributed by atoms with Crippen molar-refractivity contribution >= 4 is 11.6 Å². The first-order chi connectivity index (χ1) is 9.15. The van der Waals surface area contributed by atoms with Gasteiger partial charge in [0.15, 0.2) is 5.22 Å². The van der Waals surface area contributed by atoms with Crippen molar-refractivity contribution in [3.63, 3.8) is 0 Å². The highest BCUT2D eigenvalue weighted by atomic mass is 35.5. The van der Waals surface area contributed by atoms with Crippen LogP contribution in [0.15, 0.2) is 34.7 Å². The Morgan fingerprint density at radius 1 is 1.32 bits per heavy atom. The number of halogens is 1. The lowest BCUT2D eigenvalue weighted by molar-refractivity contribution is 0.413. The van der Waals surface area contributed by atoms with Gasteiger partial charge in [0.25, 0.3) is 0 Å². The predicted octanol–water partition coefficient (Wildman–Crippen LogP) is 3.95. The zero-order valence-corrected chi connectivity index (χ0v) is 12.1. The molecule has 3 nitrogen and oxygen atoms in total. The number of hydrogen-bond donors (Lipinski definition) is 1. The van der Waals surface area contributed by atoms with Gasteiger partial charge in [0.1, 0.15) is 11.5 Å². The van der Waals surface area contributed by atoms with Crippen LogP contribution in [0.25, 0.3) is 0 Å². The second-order valence-electron chi connectivity index (χ2n) is 4.36. The smallest absolute Gasteiger partial charge is 0.193 e. The molecule has 1 aromatic carbocycles. The Morgan fingerprint density at radius 3 is 2.63 bits per heavy atom. The first kappa shape index (κ1) is 14.0. The van der Waals surface area contributed by atoms with Gasteiger partial charge >= 0.3 is 0 Å². The fourth-order valence-corrected chi connectivity index (χ4v) is 2.30. The minimum atomic E-state index is 0.00315. The summed E-state index contributed by atoms with van der Waals surface area (Å²) in [5.74, 6) is 1.68. The van der Waals surface area contributed by atoms with Crippen LogP contribution in [-0.2, 0) is 0 Å². The summed E-state index contributed by atoms with van der Waals surface area (Å²) in [7, 11) is 1.67. The maximum absolute atomic E-state index is 5.87. The van der Waals surface area contributed by atoms with Crippen molar-refractivity contribution in [1.29, 1.82) is 0 Å². The molecule has 0 amide bonds. The molecule has 1 heterocycles. The van der Waals surface area contributed by atoms with Crippen LogP contribution in [0, 0.1) is 6.92 Å². The van der Waals surface area contributed by atoms with Gasteiger partial charge in [-0.1, -0.05) is 13.0 Å². The molecule has 19 heavy (non-hydrogen) atoms. The lowest BCUT2D eigenvalue weighted by Crippen LogP contribution is -2.22. The molecule has 0 aliphatic rings. The van der Waals surface area contributed by atoms with E-state index in [0.717, 1.165) is 29.2 Å². The Balaban J connectivity index is 2.39. The van der Waals surface area contributed by atoms with E-state index in [1.54, 1.807) is 13.2 Å². The number of methoxy groups -OCH3 is 1. The Morgan fingerprint density at radius 2 is 2.11 bits per heavy atom. The largest absolute Gasteiger partial charge is 0.497 e. The van der Waals surface area contributed by atoms with Gasteiger partial charge in [-0.05, 0) is 60.5 Å². The third-order valence-electron chi connectivity index (χ3n) is 3.07. The van der Waals surface area contributed by atoms with Crippen LogP contribution in [0.4, 0.5) is 0 Å². The molecule has 1 N–H and O–H groups in total. The highest BCUT2D eigenvalue weighted by molar-refractivity contribution is 6.28. The van der Waals surface area contributed by atoms with Crippen LogP contribution in [0.2, 0.25) is 5.22 Å². The van der Waals surface area contributed by atoms with Gasteiger partial charge in [0.2, 0.25) is 0 Å². The fraction of sp³-hybridized carbons (Fsp3) is 0.333. The number of rotatable bonds is 5. The predicted molar refractivity (Wildman–Crippen MR) is 77.0 cm³/mol. The molecule has 0 aliphatic carbocycles. The van der Waals surface area contributed by atoms with Gasteiger partial charge in [-0.3, -0.25) is 0 Å². The van der Waals surface area contributed by atoms with E-state index in [4.69, 9.17) is 20.8 Å². The highest BCUT2D eigenvalue weighted by Crippen LogP contribution is 2.29. The minimum Gasteiger partial charge on any atom is -0.497 e. The van der Waals surface area contributed by atoms with Crippen molar-refractivity contribution in [2.45, 2.75) is 19.9 Å². The van der Waals surface area contributed by atoms with Gasteiger partial charge < -0.3 is 14.5 Å². The van der Waals surface area contributed by atoms with Crippen molar-refractivity contribution in [2.75, 3.05) is 13.7 Å². The van der Waals surface area contributed by atoms with Crippen molar-refractivity contribution < 1.29 is 9.15 Å². The molecular weight excluding hydrogens is 262 g/mol. The fourth-order valence-electron chi connectivity index (χ4n) is 2.15. The van der Waals surface area contributed by atoms with Gasteiger partial charge in [-0.2, -0.15) is 0 Å². The molecule has 102 valence electrons. The third kappa shape index (κ3) is 3.11. The van der Waals surface area contributed by atoms with E-state index in [0.29, 0.717) is 5.22 Å². The van der Waals surface area contributed by atoms with Gasteiger partial charge in [0.05, 0.1) is 13.2 Å². The molecule has 2 rings (SSSR count). The normalized spacial score (nSPS) is 12.4. The third-order valence-corrected chi connectivity index (χ3v) is 3.28. The zero-order valence-electron chi connectivity index (χ0n) is 11.4. The van der Waals surface area contributed by atoms with Crippen LogP contribution < -0.4 is 10.1 Å². The average Bonchev–Trinajstić information content (AvgIpc) is 2.83. The van der Waals surface area contributed by atoms with Crippen molar-refractivity contribution in [3.05, 3.63) is 52.4 Å². The molecule has 0 saturated carbocycles. The van der Waals surface area contributed by atoms with Gasteiger partial charge in [-0.25, -0.2) is 0 Å². The van der Waals surface area contributed by atoms with E-state index < -0.39 is 0 Å². The van der Waals surface area contributed by atoms with Crippen LogP contribution in [0.3, 0.4) is 0 Å². The van der Waals surface area contributed by atoms with E-state index in [1.807, 2.05) is 18.2 Å². The quantitative estimate of drug-likeness (QED) is 0.900. The SMILES string of the molecule is CCNC(c1ccc(Cl)o1)c1ccc(OC)cc1C. The summed E-state index contributed by atoms with van der Waals surface area (Å²) in [6, 6.07) is 9.70. The summed E-state index contributed by atoms with van der Waals surface area (Å²) in [5.41, 5.74) is 2.31.